The van der Waals surface area contributed by atoms with Gasteiger partial charge in [0, 0.05) is 41.5 Å². The van der Waals surface area contributed by atoms with E-state index in [9.17, 15) is 4.79 Å². The summed E-state index contributed by atoms with van der Waals surface area (Å²) in [6.45, 7) is 7.98. The van der Waals surface area contributed by atoms with Crippen LogP contribution in [0.3, 0.4) is 0 Å². The van der Waals surface area contributed by atoms with E-state index in [0.717, 1.165) is 39.4 Å². The monoisotopic (exact) mass is 465 g/mol. The molecule has 7 nitrogen and oxygen atoms in total. The van der Waals surface area contributed by atoms with Gasteiger partial charge in [0.25, 0.3) is 5.91 Å². The van der Waals surface area contributed by atoms with Crippen LogP contribution in [0.25, 0.3) is 22.6 Å². The zero-order valence-corrected chi connectivity index (χ0v) is 20.2. The van der Waals surface area contributed by atoms with Gasteiger partial charge in [0.1, 0.15) is 5.75 Å². The van der Waals surface area contributed by atoms with Gasteiger partial charge in [0.2, 0.25) is 0 Å². The van der Waals surface area contributed by atoms with Crippen molar-refractivity contribution < 1.29 is 9.53 Å². The molecule has 0 aliphatic rings. The second-order valence-corrected chi connectivity index (χ2v) is 8.82. The maximum atomic E-state index is 13.1. The third-order valence-corrected chi connectivity index (χ3v) is 5.81. The van der Waals surface area contributed by atoms with Crippen LogP contribution in [0.2, 0.25) is 0 Å². The highest BCUT2D eigenvalue weighted by molar-refractivity contribution is 6.05. The second kappa shape index (κ2) is 9.10. The molecule has 0 spiro atoms. The summed E-state index contributed by atoms with van der Waals surface area (Å²) in [7, 11) is 0. The summed E-state index contributed by atoms with van der Waals surface area (Å²) in [5.74, 6) is 0.486. The Hall–Kier alpha value is -4.39. The minimum absolute atomic E-state index is 0.0355. The van der Waals surface area contributed by atoms with Gasteiger partial charge in [-0.3, -0.25) is 14.5 Å². The number of nitrogens with one attached hydrogen (secondary N) is 1. The lowest BCUT2D eigenvalue weighted by Crippen LogP contribution is -2.14. The van der Waals surface area contributed by atoms with Crippen molar-refractivity contribution >= 4 is 17.2 Å². The Labute approximate surface area is 204 Å². The van der Waals surface area contributed by atoms with Crippen LogP contribution in [0.5, 0.6) is 5.75 Å². The molecule has 5 aromatic rings. The van der Waals surface area contributed by atoms with E-state index in [0.29, 0.717) is 11.3 Å². The highest BCUT2D eigenvalue weighted by Gasteiger charge is 2.16. The predicted octanol–water partition coefficient (Wildman–Crippen LogP) is 5.84. The van der Waals surface area contributed by atoms with Crippen LogP contribution in [0.4, 0.5) is 5.69 Å². The molecule has 1 amide bonds. The minimum atomic E-state index is -0.187. The maximum Gasteiger partial charge on any atom is 0.255 e. The number of pyridine rings is 1. The molecule has 0 fully saturated rings. The summed E-state index contributed by atoms with van der Waals surface area (Å²) in [5.41, 5.74) is 7.04. The van der Waals surface area contributed by atoms with Gasteiger partial charge in [-0.2, -0.15) is 0 Å². The van der Waals surface area contributed by atoms with Crippen molar-refractivity contribution in [2.75, 3.05) is 5.32 Å². The van der Waals surface area contributed by atoms with Crippen LogP contribution in [0.15, 0.2) is 79.4 Å². The third kappa shape index (κ3) is 4.40. The van der Waals surface area contributed by atoms with Gasteiger partial charge >= 0.3 is 0 Å². The van der Waals surface area contributed by atoms with Gasteiger partial charge in [-0.1, -0.05) is 12.1 Å². The average molecular weight is 466 g/mol. The fourth-order valence-electron chi connectivity index (χ4n) is 4.20. The predicted molar refractivity (Wildman–Crippen MR) is 137 cm³/mol. The van der Waals surface area contributed by atoms with E-state index in [1.54, 1.807) is 18.3 Å². The summed E-state index contributed by atoms with van der Waals surface area (Å²) in [4.78, 5) is 21.9. The summed E-state index contributed by atoms with van der Waals surface area (Å²) < 4.78 is 9.84. The minimum Gasteiger partial charge on any atom is -0.491 e. The molecule has 2 aromatic carbocycles. The number of hydrogen-bond donors (Lipinski definition) is 1. The quantitative estimate of drug-likeness (QED) is 0.342. The standard InChI is InChI=1S/C28H27N5O2/c1-18(2)35-23-9-5-7-21(14-23)28(34)31-24-15-25(20(4)13-19(24)3)32-12-10-27-30-17-26(33(27)32)22-8-6-11-29-16-22/h5-18H,1-4H3,(H,31,34). The van der Waals surface area contributed by atoms with Gasteiger partial charge in [-0.05, 0) is 75.2 Å². The van der Waals surface area contributed by atoms with Crippen LogP contribution in [0.1, 0.15) is 35.3 Å². The van der Waals surface area contributed by atoms with Gasteiger partial charge in [-0.15, -0.1) is 0 Å². The molecule has 3 aromatic heterocycles. The lowest BCUT2D eigenvalue weighted by Gasteiger charge is -2.16. The number of fused-ring (bicyclic) bond motifs is 1. The Morgan fingerprint density at radius 1 is 1.00 bits per heavy atom. The van der Waals surface area contributed by atoms with Crippen molar-refractivity contribution in [2.45, 2.75) is 33.8 Å². The van der Waals surface area contributed by atoms with Crippen LogP contribution in [-0.4, -0.2) is 31.2 Å². The molecule has 7 heteroatoms. The first-order valence-corrected chi connectivity index (χ1v) is 11.6. The van der Waals surface area contributed by atoms with E-state index in [1.165, 1.54) is 0 Å². The van der Waals surface area contributed by atoms with Crippen molar-refractivity contribution in [3.8, 4) is 22.7 Å². The number of aryl methyl sites for hydroxylation is 2. The Bertz CT molecular complexity index is 1520. The Balaban J connectivity index is 1.52. The number of aromatic nitrogens is 4. The molecule has 35 heavy (non-hydrogen) atoms. The van der Waals surface area contributed by atoms with Crippen molar-refractivity contribution in [2.24, 2.45) is 0 Å². The third-order valence-electron chi connectivity index (χ3n) is 5.81. The highest BCUT2D eigenvalue weighted by atomic mass is 16.5. The molecule has 0 radical (unpaired) electrons. The fraction of sp³-hybridized carbons (Fsp3) is 0.179. The number of benzene rings is 2. The van der Waals surface area contributed by atoms with E-state index in [2.05, 4.69) is 28.3 Å². The fourth-order valence-corrected chi connectivity index (χ4v) is 4.20. The number of amides is 1. The molecule has 0 atom stereocenters. The molecule has 0 aliphatic heterocycles. The first-order valence-electron chi connectivity index (χ1n) is 11.6. The zero-order valence-electron chi connectivity index (χ0n) is 20.2. The summed E-state index contributed by atoms with van der Waals surface area (Å²) in [6.07, 6.45) is 7.45. The van der Waals surface area contributed by atoms with Crippen molar-refractivity contribution in [3.63, 3.8) is 0 Å². The first-order chi connectivity index (χ1) is 16.9. The van der Waals surface area contributed by atoms with Gasteiger partial charge in [0.05, 0.1) is 23.7 Å². The lowest BCUT2D eigenvalue weighted by molar-refractivity contribution is 0.102. The number of anilines is 1. The summed E-state index contributed by atoms with van der Waals surface area (Å²) in [5, 5.41) is 3.08. The van der Waals surface area contributed by atoms with Crippen molar-refractivity contribution in [1.82, 2.24) is 19.2 Å². The van der Waals surface area contributed by atoms with Gasteiger partial charge in [-0.25, -0.2) is 9.50 Å². The molecule has 0 saturated heterocycles. The van der Waals surface area contributed by atoms with E-state index < -0.39 is 0 Å². The van der Waals surface area contributed by atoms with Gasteiger partial charge in [0.15, 0.2) is 5.65 Å². The number of hydrogen-bond acceptors (Lipinski definition) is 4. The number of carbonyl (C=O) groups is 1. The van der Waals surface area contributed by atoms with Crippen LogP contribution in [0, 0.1) is 13.8 Å². The molecule has 0 aliphatic carbocycles. The first kappa shape index (κ1) is 22.4. The number of rotatable bonds is 6. The summed E-state index contributed by atoms with van der Waals surface area (Å²) >= 11 is 0. The Morgan fingerprint density at radius 3 is 2.63 bits per heavy atom. The number of nitrogens with zero attached hydrogens (tertiary/aromatic N) is 4. The molecular formula is C28H27N5O2. The highest BCUT2D eigenvalue weighted by Crippen LogP contribution is 2.28. The Kier molecular flexibility index (Phi) is 5.82. The number of imidazole rings is 1. The van der Waals surface area contributed by atoms with Crippen molar-refractivity contribution in [1.29, 1.82) is 0 Å². The molecule has 0 unspecified atom stereocenters. The number of carbonyl (C=O) groups excluding carboxylic acids is 1. The lowest BCUT2D eigenvalue weighted by atomic mass is 10.1. The maximum absolute atomic E-state index is 13.1. The van der Waals surface area contributed by atoms with E-state index in [4.69, 9.17) is 4.74 Å². The molecular weight excluding hydrogens is 438 g/mol. The average Bonchev–Trinajstić information content (AvgIpc) is 3.44. The van der Waals surface area contributed by atoms with Crippen LogP contribution in [-0.2, 0) is 0 Å². The number of ether oxygens (including phenoxy) is 1. The normalized spacial score (nSPS) is 11.2. The molecule has 5 rings (SSSR count). The smallest absolute Gasteiger partial charge is 0.255 e. The molecule has 3 heterocycles. The second-order valence-electron chi connectivity index (χ2n) is 8.82. The van der Waals surface area contributed by atoms with Crippen LogP contribution >= 0.6 is 0 Å². The van der Waals surface area contributed by atoms with E-state index in [-0.39, 0.29) is 12.0 Å². The topological polar surface area (TPSA) is 73.5 Å². The summed E-state index contributed by atoms with van der Waals surface area (Å²) in [6, 6.07) is 17.2. The Morgan fingerprint density at radius 2 is 1.86 bits per heavy atom. The SMILES string of the molecule is Cc1cc(C)c(-n2ccc3ncc(-c4cccnc4)n32)cc1NC(=O)c1cccc(OC(C)C)c1. The van der Waals surface area contributed by atoms with Crippen LogP contribution < -0.4 is 10.1 Å². The van der Waals surface area contributed by atoms with E-state index >= 15 is 0 Å². The van der Waals surface area contributed by atoms with Gasteiger partial charge < -0.3 is 10.1 Å². The van der Waals surface area contributed by atoms with E-state index in [1.807, 2.05) is 85.0 Å². The molecule has 0 bridgehead atoms. The van der Waals surface area contributed by atoms with Crippen molar-refractivity contribution in [3.05, 3.63) is 96.1 Å². The molecule has 176 valence electrons. The molecule has 1 N–H and O–H groups in total. The largest absolute Gasteiger partial charge is 0.491 e. The molecule has 0 saturated carbocycles. The zero-order chi connectivity index (χ0) is 24.5.